The molecule has 110 valence electrons. The van der Waals surface area contributed by atoms with E-state index in [9.17, 15) is 9.59 Å². The normalized spacial score (nSPS) is 11.2. The zero-order valence-corrected chi connectivity index (χ0v) is 12.3. The third kappa shape index (κ3) is 9.25. The number of hydrogen-bond acceptors (Lipinski definition) is 5. The molecule has 0 radical (unpaired) electrons. The third-order valence-corrected chi connectivity index (χ3v) is 2.37. The Labute approximate surface area is 115 Å². The van der Waals surface area contributed by atoms with Crippen LogP contribution in [0.15, 0.2) is 12.7 Å². The molecule has 0 spiro atoms. The van der Waals surface area contributed by atoms with Crippen molar-refractivity contribution in [3.63, 3.8) is 0 Å². The first-order valence-corrected chi connectivity index (χ1v) is 6.45. The fourth-order valence-electron chi connectivity index (χ4n) is 1.19. The van der Waals surface area contributed by atoms with Crippen LogP contribution >= 0.6 is 0 Å². The number of hydrogen-bond donors (Lipinski definition) is 1. The molecule has 0 aliphatic heterocycles. The summed E-state index contributed by atoms with van der Waals surface area (Å²) in [4.78, 5) is 22.2. The lowest BCUT2D eigenvalue weighted by Gasteiger charge is -2.25. The van der Waals surface area contributed by atoms with Gasteiger partial charge in [0.05, 0.1) is 12.5 Å². The SMILES string of the molecule is C=CC(=O)OCCNCC(C)(C)COC(=O)C(C)C. The van der Waals surface area contributed by atoms with Gasteiger partial charge in [0.25, 0.3) is 0 Å². The van der Waals surface area contributed by atoms with Crippen LogP contribution in [0.3, 0.4) is 0 Å². The Bertz CT molecular complexity index is 311. The van der Waals surface area contributed by atoms with E-state index in [4.69, 9.17) is 9.47 Å². The maximum absolute atomic E-state index is 11.4. The van der Waals surface area contributed by atoms with Crippen molar-refractivity contribution in [2.75, 3.05) is 26.3 Å². The molecule has 0 aromatic carbocycles. The predicted octanol–water partition coefficient (Wildman–Crippen LogP) is 1.53. The second-order valence-corrected chi connectivity index (χ2v) is 5.48. The van der Waals surface area contributed by atoms with E-state index in [0.717, 1.165) is 6.08 Å². The molecule has 0 aromatic heterocycles. The first-order valence-electron chi connectivity index (χ1n) is 6.45. The van der Waals surface area contributed by atoms with E-state index in [-0.39, 0.29) is 17.3 Å². The maximum atomic E-state index is 11.4. The molecule has 0 aromatic rings. The second-order valence-electron chi connectivity index (χ2n) is 5.48. The number of ether oxygens (including phenoxy) is 2. The van der Waals surface area contributed by atoms with Crippen molar-refractivity contribution in [3.8, 4) is 0 Å². The highest BCUT2D eigenvalue weighted by Crippen LogP contribution is 2.14. The monoisotopic (exact) mass is 271 g/mol. The van der Waals surface area contributed by atoms with Crippen molar-refractivity contribution in [3.05, 3.63) is 12.7 Å². The van der Waals surface area contributed by atoms with Crippen LogP contribution in [-0.2, 0) is 19.1 Å². The van der Waals surface area contributed by atoms with Crippen LogP contribution in [0.2, 0.25) is 0 Å². The van der Waals surface area contributed by atoms with E-state index in [1.807, 2.05) is 27.7 Å². The Kier molecular flexibility index (Phi) is 8.07. The van der Waals surface area contributed by atoms with E-state index in [0.29, 0.717) is 26.3 Å². The lowest BCUT2D eigenvalue weighted by atomic mass is 9.95. The molecular weight excluding hydrogens is 246 g/mol. The summed E-state index contributed by atoms with van der Waals surface area (Å²) in [5.74, 6) is -0.720. The van der Waals surface area contributed by atoms with Gasteiger partial charge in [-0.15, -0.1) is 0 Å². The van der Waals surface area contributed by atoms with E-state index >= 15 is 0 Å². The quantitative estimate of drug-likeness (QED) is 0.391. The highest BCUT2D eigenvalue weighted by molar-refractivity contribution is 5.81. The highest BCUT2D eigenvalue weighted by Gasteiger charge is 2.20. The molecule has 0 bridgehead atoms. The molecule has 0 aliphatic rings. The molecule has 0 saturated heterocycles. The van der Waals surface area contributed by atoms with Crippen LogP contribution in [0.5, 0.6) is 0 Å². The summed E-state index contributed by atoms with van der Waals surface area (Å²) in [7, 11) is 0. The molecule has 0 heterocycles. The Hall–Kier alpha value is -1.36. The minimum atomic E-state index is -0.424. The molecule has 1 N–H and O–H groups in total. The van der Waals surface area contributed by atoms with Gasteiger partial charge in [0, 0.05) is 24.6 Å². The first-order chi connectivity index (χ1) is 8.78. The van der Waals surface area contributed by atoms with E-state index in [2.05, 4.69) is 11.9 Å². The maximum Gasteiger partial charge on any atom is 0.330 e. The Balaban J connectivity index is 3.75. The number of carbonyl (C=O) groups is 2. The van der Waals surface area contributed by atoms with Gasteiger partial charge in [-0.2, -0.15) is 0 Å². The molecule has 0 saturated carbocycles. The van der Waals surface area contributed by atoms with Crippen LogP contribution in [0.4, 0.5) is 0 Å². The molecule has 5 heteroatoms. The van der Waals surface area contributed by atoms with E-state index < -0.39 is 5.97 Å². The van der Waals surface area contributed by atoms with Gasteiger partial charge in [-0.05, 0) is 0 Å². The molecule has 0 amide bonds. The molecule has 0 atom stereocenters. The minimum Gasteiger partial charge on any atom is -0.465 e. The molecule has 0 unspecified atom stereocenters. The van der Waals surface area contributed by atoms with Crippen molar-refractivity contribution in [1.29, 1.82) is 0 Å². The second kappa shape index (κ2) is 8.69. The molecule has 0 rings (SSSR count). The summed E-state index contributed by atoms with van der Waals surface area (Å²) < 4.78 is 10.0. The summed E-state index contributed by atoms with van der Waals surface area (Å²) >= 11 is 0. The average Bonchev–Trinajstić information content (AvgIpc) is 2.34. The summed E-state index contributed by atoms with van der Waals surface area (Å²) in [5.41, 5.74) is -0.160. The summed E-state index contributed by atoms with van der Waals surface area (Å²) in [6.07, 6.45) is 1.13. The van der Waals surface area contributed by atoms with Gasteiger partial charge < -0.3 is 14.8 Å². The van der Waals surface area contributed by atoms with Crippen LogP contribution in [-0.4, -0.2) is 38.2 Å². The van der Waals surface area contributed by atoms with Crippen LogP contribution in [0, 0.1) is 11.3 Å². The highest BCUT2D eigenvalue weighted by atomic mass is 16.5. The summed E-state index contributed by atoms with van der Waals surface area (Å²) in [6, 6.07) is 0. The van der Waals surface area contributed by atoms with Gasteiger partial charge >= 0.3 is 11.9 Å². The molecule has 5 nitrogen and oxygen atoms in total. The van der Waals surface area contributed by atoms with E-state index in [1.54, 1.807) is 0 Å². The van der Waals surface area contributed by atoms with Crippen LogP contribution < -0.4 is 5.32 Å². The van der Waals surface area contributed by atoms with Crippen molar-refractivity contribution in [1.82, 2.24) is 5.32 Å². The zero-order chi connectivity index (χ0) is 14.9. The van der Waals surface area contributed by atoms with Gasteiger partial charge in [-0.3, -0.25) is 4.79 Å². The lowest BCUT2D eigenvalue weighted by Crippen LogP contribution is -2.36. The Morgan fingerprint density at radius 2 is 1.95 bits per heavy atom. The van der Waals surface area contributed by atoms with Gasteiger partial charge in [-0.25, -0.2) is 4.79 Å². The standard InChI is InChI=1S/C14H25NO4/c1-6-12(16)18-8-7-15-9-14(4,5)10-19-13(17)11(2)3/h6,11,15H,1,7-10H2,2-5H3. The van der Waals surface area contributed by atoms with Gasteiger partial charge in [0.2, 0.25) is 0 Å². The van der Waals surface area contributed by atoms with Crippen molar-refractivity contribution >= 4 is 11.9 Å². The number of carbonyl (C=O) groups excluding carboxylic acids is 2. The fraction of sp³-hybridized carbons (Fsp3) is 0.714. The number of nitrogens with one attached hydrogen (secondary N) is 1. The van der Waals surface area contributed by atoms with Crippen molar-refractivity contribution in [2.45, 2.75) is 27.7 Å². The molecule has 19 heavy (non-hydrogen) atoms. The summed E-state index contributed by atoms with van der Waals surface area (Å²) in [6.45, 7) is 12.8. The number of rotatable bonds is 9. The minimum absolute atomic E-state index is 0.109. The summed E-state index contributed by atoms with van der Waals surface area (Å²) in [5, 5.41) is 3.16. The zero-order valence-electron chi connectivity index (χ0n) is 12.3. The molecule has 0 aliphatic carbocycles. The Morgan fingerprint density at radius 1 is 1.32 bits per heavy atom. The van der Waals surface area contributed by atoms with Crippen LogP contribution in [0.25, 0.3) is 0 Å². The topological polar surface area (TPSA) is 64.6 Å². The smallest absolute Gasteiger partial charge is 0.330 e. The van der Waals surface area contributed by atoms with Gasteiger partial charge in [-0.1, -0.05) is 34.3 Å². The lowest BCUT2D eigenvalue weighted by molar-refractivity contribution is -0.150. The van der Waals surface area contributed by atoms with Crippen molar-refractivity contribution in [2.24, 2.45) is 11.3 Å². The molecule has 0 fully saturated rings. The third-order valence-electron chi connectivity index (χ3n) is 2.37. The Morgan fingerprint density at radius 3 is 2.47 bits per heavy atom. The average molecular weight is 271 g/mol. The molecular formula is C14H25NO4. The predicted molar refractivity (Wildman–Crippen MR) is 73.6 cm³/mol. The first kappa shape index (κ1) is 17.6. The largest absolute Gasteiger partial charge is 0.465 e. The van der Waals surface area contributed by atoms with Crippen molar-refractivity contribution < 1.29 is 19.1 Å². The van der Waals surface area contributed by atoms with Gasteiger partial charge in [0.15, 0.2) is 0 Å². The van der Waals surface area contributed by atoms with Gasteiger partial charge in [0.1, 0.15) is 6.61 Å². The number of esters is 2. The fourth-order valence-corrected chi connectivity index (χ4v) is 1.19. The van der Waals surface area contributed by atoms with E-state index in [1.165, 1.54) is 0 Å². The van der Waals surface area contributed by atoms with Crippen LogP contribution in [0.1, 0.15) is 27.7 Å².